The molecule has 3 heterocycles. The van der Waals surface area contributed by atoms with Gasteiger partial charge < -0.3 is 19.7 Å². The minimum Gasteiger partial charge on any atom is -0.479 e. The molecule has 8 nitrogen and oxygen atoms in total. The molecule has 0 unspecified atom stereocenters. The Hall–Kier alpha value is -3.47. The highest BCUT2D eigenvalue weighted by molar-refractivity contribution is 5.72. The van der Waals surface area contributed by atoms with Gasteiger partial charge in [0.25, 0.3) is 0 Å². The molecule has 0 aliphatic carbocycles. The lowest BCUT2D eigenvalue weighted by atomic mass is 10.0. The van der Waals surface area contributed by atoms with Gasteiger partial charge in [-0.2, -0.15) is 4.98 Å². The molecular formula is C23H25F3N6O2. The van der Waals surface area contributed by atoms with Crippen LogP contribution in [0.4, 0.5) is 30.8 Å². The van der Waals surface area contributed by atoms with E-state index in [0.29, 0.717) is 35.7 Å². The lowest BCUT2D eigenvalue weighted by molar-refractivity contribution is -0.00572. The molecule has 1 aromatic carbocycles. The second kappa shape index (κ2) is 10.2. The van der Waals surface area contributed by atoms with Crippen LogP contribution in [0.1, 0.15) is 19.4 Å². The fourth-order valence-corrected chi connectivity index (χ4v) is 3.86. The molecular weight excluding hydrogens is 449 g/mol. The molecule has 0 spiro atoms. The third-order valence-corrected chi connectivity index (χ3v) is 5.29. The van der Waals surface area contributed by atoms with Crippen LogP contribution in [-0.2, 0) is 11.2 Å². The van der Waals surface area contributed by atoms with Gasteiger partial charge in [-0.3, -0.25) is 0 Å². The van der Waals surface area contributed by atoms with Crippen LogP contribution < -0.4 is 15.0 Å². The van der Waals surface area contributed by atoms with E-state index in [9.17, 15) is 13.2 Å². The number of alkyl halides is 2. The fraction of sp³-hybridized carbons (Fsp3) is 0.391. The summed E-state index contributed by atoms with van der Waals surface area (Å²) >= 11 is 0. The van der Waals surface area contributed by atoms with E-state index in [1.54, 1.807) is 30.3 Å². The maximum Gasteiger partial charge on any atom is 0.242 e. The zero-order chi connectivity index (χ0) is 24.2. The van der Waals surface area contributed by atoms with Crippen LogP contribution in [0.15, 0.2) is 36.5 Å². The Morgan fingerprint density at radius 1 is 1.15 bits per heavy atom. The quantitative estimate of drug-likeness (QED) is 0.544. The van der Waals surface area contributed by atoms with Crippen LogP contribution in [0.25, 0.3) is 11.1 Å². The van der Waals surface area contributed by atoms with Gasteiger partial charge in [-0.1, -0.05) is 24.3 Å². The van der Waals surface area contributed by atoms with Crippen molar-refractivity contribution < 1.29 is 22.6 Å². The van der Waals surface area contributed by atoms with Crippen LogP contribution in [-0.4, -0.2) is 59.0 Å². The van der Waals surface area contributed by atoms with Crippen molar-refractivity contribution in [2.75, 3.05) is 30.4 Å². The van der Waals surface area contributed by atoms with Crippen LogP contribution in [0.2, 0.25) is 0 Å². The molecule has 2 atom stereocenters. The first-order valence-electron chi connectivity index (χ1n) is 10.8. The molecule has 0 bridgehead atoms. The van der Waals surface area contributed by atoms with Gasteiger partial charge in [0.15, 0.2) is 17.5 Å². The zero-order valence-corrected chi connectivity index (χ0v) is 19.0. The number of ether oxygens (including phenoxy) is 2. The highest BCUT2D eigenvalue weighted by Crippen LogP contribution is 2.31. The number of aromatic nitrogens is 4. The summed E-state index contributed by atoms with van der Waals surface area (Å²) in [4.78, 5) is 10.4. The molecule has 0 saturated carbocycles. The topological polar surface area (TPSA) is 85.3 Å². The van der Waals surface area contributed by atoms with Crippen molar-refractivity contribution in [3.8, 4) is 17.0 Å². The van der Waals surface area contributed by atoms with Gasteiger partial charge in [0.1, 0.15) is 0 Å². The second-order valence-corrected chi connectivity index (χ2v) is 8.10. The van der Waals surface area contributed by atoms with Crippen LogP contribution in [0.3, 0.4) is 0 Å². The Morgan fingerprint density at radius 2 is 1.85 bits per heavy atom. The fourth-order valence-electron chi connectivity index (χ4n) is 3.86. The van der Waals surface area contributed by atoms with E-state index in [2.05, 4.69) is 25.5 Å². The first kappa shape index (κ1) is 23.7. The number of morpholine rings is 1. The first-order valence-corrected chi connectivity index (χ1v) is 10.8. The standard InChI is InChI=1S/C23H25F3N6O2/c1-13-11-32(12-14(2)34-13)23-27-10-18(24)21(29-23)28-20-9-17(22(33-3)31-30-20)16-6-4-15(5-7-16)8-19(25)26/h4-7,9-10,13-14,19H,8,11-12H2,1-3H3,(H,27,28,29,30)/t13-,14+. The normalized spacial score (nSPS) is 18.3. The molecule has 1 N–H and O–H groups in total. The molecule has 11 heteroatoms. The summed E-state index contributed by atoms with van der Waals surface area (Å²) in [7, 11) is 1.45. The van der Waals surface area contributed by atoms with Gasteiger partial charge >= 0.3 is 0 Å². The van der Waals surface area contributed by atoms with Gasteiger partial charge in [0.2, 0.25) is 18.3 Å². The third kappa shape index (κ3) is 5.53. The van der Waals surface area contributed by atoms with Crippen molar-refractivity contribution >= 4 is 17.6 Å². The smallest absolute Gasteiger partial charge is 0.242 e. The molecule has 180 valence electrons. The van der Waals surface area contributed by atoms with Crippen molar-refractivity contribution in [2.24, 2.45) is 0 Å². The van der Waals surface area contributed by atoms with Gasteiger partial charge in [0.05, 0.1) is 25.5 Å². The van der Waals surface area contributed by atoms with E-state index in [0.717, 1.165) is 6.20 Å². The lowest BCUT2D eigenvalue weighted by Gasteiger charge is -2.35. The Morgan fingerprint density at radius 3 is 2.50 bits per heavy atom. The van der Waals surface area contributed by atoms with E-state index in [4.69, 9.17) is 9.47 Å². The lowest BCUT2D eigenvalue weighted by Crippen LogP contribution is -2.46. The zero-order valence-electron chi connectivity index (χ0n) is 19.0. The van der Waals surface area contributed by atoms with Gasteiger partial charge in [0, 0.05) is 25.1 Å². The van der Waals surface area contributed by atoms with E-state index in [1.807, 2.05) is 18.7 Å². The first-order chi connectivity index (χ1) is 16.3. The number of hydrogen-bond donors (Lipinski definition) is 1. The third-order valence-electron chi connectivity index (χ3n) is 5.29. The predicted molar refractivity (Wildman–Crippen MR) is 121 cm³/mol. The maximum atomic E-state index is 14.5. The van der Waals surface area contributed by atoms with Gasteiger partial charge in [-0.15, -0.1) is 10.2 Å². The predicted octanol–water partition coefficient (Wildman–Crippen LogP) is 4.25. The number of methoxy groups -OCH3 is 1. The largest absolute Gasteiger partial charge is 0.479 e. The van der Waals surface area contributed by atoms with E-state index in [1.165, 1.54) is 7.11 Å². The number of anilines is 3. The summed E-state index contributed by atoms with van der Waals surface area (Å²) in [5.74, 6) is 0.164. The van der Waals surface area contributed by atoms with Gasteiger partial charge in [-0.25, -0.2) is 18.2 Å². The minimum atomic E-state index is -2.42. The number of rotatable bonds is 7. The van der Waals surface area contributed by atoms with E-state index < -0.39 is 12.2 Å². The van der Waals surface area contributed by atoms with Crippen molar-refractivity contribution in [1.82, 2.24) is 20.2 Å². The maximum absolute atomic E-state index is 14.5. The van der Waals surface area contributed by atoms with Crippen LogP contribution in [0.5, 0.6) is 5.88 Å². The molecule has 1 fully saturated rings. The summed E-state index contributed by atoms with van der Waals surface area (Å²) < 4.78 is 50.9. The van der Waals surface area contributed by atoms with E-state index >= 15 is 0 Å². The Balaban J connectivity index is 1.60. The molecule has 34 heavy (non-hydrogen) atoms. The number of halogens is 3. The average molecular weight is 474 g/mol. The summed E-state index contributed by atoms with van der Waals surface area (Å²) in [5, 5.41) is 11.0. The van der Waals surface area contributed by atoms with Crippen molar-refractivity contribution in [1.29, 1.82) is 0 Å². The molecule has 1 aliphatic heterocycles. The van der Waals surface area contributed by atoms with Crippen molar-refractivity contribution in [3.05, 3.63) is 47.9 Å². The SMILES string of the molecule is COc1nnc(Nc2nc(N3C[C@@H](C)O[C@@H](C)C3)ncc2F)cc1-c1ccc(CC(F)F)cc1. The van der Waals surface area contributed by atoms with Crippen molar-refractivity contribution in [2.45, 2.75) is 38.9 Å². The summed E-state index contributed by atoms with van der Waals surface area (Å²) in [5.41, 5.74) is 1.77. The number of hydrogen-bond acceptors (Lipinski definition) is 8. The molecule has 0 radical (unpaired) electrons. The molecule has 1 aliphatic rings. The van der Waals surface area contributed by atoms with Gasteiger partial charge in [-0.05, 0) is 31.0 Å². The highest BCUT2D eigenvalue weighted by Gasteiger charge is 2.25. The summed E-state index contributed by atoms with van der Waals surface area (Å²) in [6.07, 6.45) is -1.65. The highest BCUT2D eigenvalue weighted by atomic mass is 19.3. The average Bonchev–Trinajstić information content (AvgIpc) is 2.80. The molecule has 1 saturated heterocycles. The van der Waals surface area contributed by atoms with Crippen molar-refractivity contribution in [3.63, 3.8) is 0 Å². The second-order valence-electron chi connectivity index (χ2n) is 8.10. The number of nitrogens with one attached hydrogen (secondary N) is 1. The Labute approximate surface area is 195 Å². The van der Waals surface area contributed by atoms with E-state index in [-0.39, 0.29) is 36.1 Å². The molecule has 3 aromatic rings. The monoisotopic (exact) mass is 474 g/mol. The molecule has 4 rings (SSSR count). The Kier molecular flexibility index (Phi) is 7.11. The van der Waals surface area contributed by atoms with Crippen LogP contribution in [0, 0.1) is 5.82 Å². The van der Waals surface area contributed by atoms with Crippen LogP contribution >= 0.6 is 0 Å². The molecule has 2 aromatic heterocycles. The molecule has 0 amide bonds. The minimum absolute atomic E-state index is 0.00379. The summed E-state index contributed by atoms with van der Waals surface area (Å²) in [6.45, 7) is 5.09. The Bertz CT molecular complexity index is 1120. The number of nitrogens with zero attached hydrogens (tertiary/aromatic N) is 5. The number of benzene rings is 1. The summed E-state index contributed by atoms with van der Waals surface area (Å²) in [6, 6.07) is 8.27.